The number of nitrogens with zero attached hydrogens (tertiary/aromatic N) is 1. The highest BCUT2D eigenvalue weighted by Gasteiger charge is 2.54. The van der Waals surface area contributed by atoms with Crippen molar-refractivity contribution in [2.45, 2.75) is 258 Å². The van der Waals surface area contributed by atoms with Crippen molar-refractivity contribution >= 4 is 37.7 Å². The molecule has 1 aliphatic rings. The van der Waals surface area contributed by atoms with Crippen LogP contribution in [0.15, 0.2) is 4.99 Å². The summed E-state index contributed by atoms with van der Waals surface area (Å²) in [5.41, 5.74) is -1.95. The largest absolute Gasteiger partial charge is 0.472 e. The van der Waals surface area contributed by atoms with E-state index in [-0.39, 0.29) is 64.0 Å². The van der Waals surface area contributed by atoms with Crippen LogP contribution >= 0.6 is 7.82 Å². The number of carbonyl (C=O) groups is 4. The van der Waals surface area contributed by atoms with Gasteiger partial charge in [0.25, 0.3) is 0 Å². The molecule has 0 radical (unpaired) electrons. The maximum Gasteiger partial charge on any atom is 0.472 e. The molecular formula is C74H142N3O23P. The zero-order chi connectivity index (χ0) is 73.4. The van der Waals surface area contributed by atoms with Gasteiger partial charge in [0, 0.05) is 32.4 Å². The van der Waals surface area contributed by atoms with Gasteiger partial charge in [0.2, 0.25) is 11.8 Å². The minimum absolute atomic E-state index is 0.00260. The van der Waals surface area contributed by atoms with Gasteiger partial charge in [0.05, 0.1) is 172 Å². The Labute approximate surface area is 608 Å². The second-order valence-electron chi connectivity index (χ2n) is 26.4. The molecule has 0 aliphatic carbocycles. The highest BCUT2D eigenvalue weighted by Crippen LogP contribution is 2.46. The standard InChI is InChI=1S/C74H142N3O23P/c1-6-8-10-12-14-16-18-20-22-24-26-28-30-32-34-36-69(79)96-66-74(71(77-74)99-70(80)37-35-33-31-29-27-25-23-21-19-17-15-13-11-9-7-2)67-98-101(82,83)97-43-40-75-68(78)38-41-84-44-46-86-48-50-88-52-54-90-56-58-92-60-62-94-64-65-95-63-61-93-59-57-91-55-53-89-51-49-87-47-45-85-42-39-76-72(81)100-73(3,4)5/h6-67H2,1-5H3,(H,75,78)(H,76,81)(H,82,83)/t74-/m0/s1. The van der Waals surface area contributed by atoms with Gasteiger partial charge in [-0.05, 0) is 33.6 Å². The molecular weight excluding hydrogens is 1330 g/mol. The number of esters is 2. The van der Waals surface area contributed by atoms with Gasteiger partial charge in [-0.25, -0.2) is 14.4 Å². The van der Waals surface area contributed by atoms with Crippen LogP contribution in [0.25, 0.3) is 0 Å². The van der Waals surface area contributed by atoms with Gasteiger partial charge in [-0.1, -0.05) is 194 Å². The molecule has 1 rings (SSSR count). The first-order valence-electron chi connectivity index (χ1n) is 39.0. The van der Waals surface area contributed by atoms with Crippen molar-refractivity contribution in [1.82, 2.24) is 10.6 Å². The van der Waals surface area contributed by atoms with E-state index >= 15 is 0 Å². The second-order valence-corrected chi connectivity index (χ2v) is 27.9. The molecule has 1 heterocycles. The Bertz CT molecular complexity index is 1980. The van der Waals surface area contributed by atoms with E-state index in [0.29, 0.717) is 165 Å². The molecule has 0 saturated carbocycles. The molecule has 0 aromatic heterocycles. The van der Waals surface area contributed by atoms with Gasteiger partial charge in [-0.3, -0.25) is 23.4 Å². The number of hydrogen-bond acceptors (Lipinski definition) is 23. The van der Waals surface area contributed by atoms with Crippen LogP contribution in [0.2, 0.25) is 0 Å². The van der Waals surface area contributed by atoms with E-state index in [1.54, 1.807) is 0 Å². The normalized spacial score (nSPS) is 14.3. The smallest absolute Gasteiger partial charge is 0.462 e. The molecule has 1 unspecified atom stereocenters. The Kier molecular flexibility index (Phi) is 67.7. The number of nitrogens with one attached hydrogen (secondary N) is 2. The Morgan fingerprint density at radius 2 is 0.663 bits per heavy atom. The van der Waals surface area contributed by atoms with Crippen LogP contribution in [-0.4, -0.2) is 237 Å². The minimum Gasteiger partial charge on any atom is -0.462 e. The summed E-state index contributed by atoms with van der Waals surface area (Å²) in [5.74, 6) is -1.24. The summed E-state index contributed by atoms with van der Waals surface area (Å²) >= 11 is 0. The number of amides is 2. The van der Waals surface area contributed by atoms with Gasteiger partial charge in [0.1, 0.15) is 12.2 Å². The van der Waals surface area contributed by atoms with Gasteiger partial charge >= 0.3 is 25.9 Å². The fourth-order valence-corrected chi connectivity index (χ4v) is 10.9. The Morgan fingerprint density at radius 1 is 0.366 bits per heavy atom. The first-order valence-corrected chi connectivity index (χ1v) is 40.5. The third-order valence-corrected chi connectivity index (χ3v) is 16.9. The number of rotatable bonds is 80. The fraction of sp³-hybridized carbons (Fsp3) is 0.932. The maximum atomic E-state index is 13.0. The maximum absolute atomic E-state index is 13.0. The topological polar surface area (TPSA) is 299 Å². The van der Waals surface area contributed by atoms with Gasteiger partial charge < -0.3 is 86.6 Å². The van der Waals surface area contributed by atoms with Crippen LogP contribution in [-0.2, 0) is 99.0 Å². The molecule has 0 fully saturated rings. The first-order chi connectivity index (χ1) is 49.2. The van der Waals surface area contributed by atoms with Gasteiger partial charge in [-0.15, -0.1) is 0 Å². The summed E-state index contributed by atoms with van der Waals surface area (Å²) in [5, 5.41) is 5.25. The molecule has 2 atom stereocenters. The summed E-state index contributed by atoms with van der Waals surface area (Å²) in [6, 6.07) is 0. The number of unbranched alkanes of at least 4 members (excludes halogenated alkanes) is 28. The van der Waals surface area contributed by atoms with Crippen molar-refractivity contribution in [3.05, 3.63) is 0 Å². The van der Waals surface area contributed by atoms with Crippen molar-refractivity contribution in [2.24, 2.45) is 4.99 Å². The number of hydrogen-bond donors (Lipinski definition) is 3. The lowest BCUT2D eigenvalue weighted by Gasteiger charge is -2.19. The third kappa shape index (κ3) is 69.8. The zero-order valence-electron chi connectivity index (χ0n) is 63.7. The van der Waals surface area contributed by atoms with E-state index in [1.807, 2.05) is 20.8 Å². The summed E-state index contributed by atoms with van der Waals surface area (Å²) < 4.78 is 106. The molecule has 2 amide bonds. The summed E-state index contributed by atoms with van der Waals surface area (Å²) in [4.78, 5) is 64.5. The van der Waals surface area contributed by atoms with E-state index in [1.165, 1.54) is 141 Å². The summed E-state index contributed by atoms with van der Waals surface area (Å²) in [7, 11) is -4.66. The number of carbonyl (C=O) groups excluding carboxylic acids is 4. The molecule has 1 aliphatic heterocycles. The molecule has 0 aromatic carbocycles. The highest BCUT2D eigenvalue weighted by atomic mass is 31.2. The van der Waals surface area contributed by atoms with Crippen molar-refractivity contribution < 1.29 is 109 Å². The summed E-state index contributed by atoms with van der Waals surface area (Å²) in [6.45, 7) is 18.9. The van der Waals surface area contributed by atoms with Crippen molar-refractivity contribution in [3.8, 4) is 0 Å². The fourth-order valence-electron chi connectivity index (χ4n) is 10.1. The van der Waals surface area contributed by atoms with Crippen LogP contribution in [0.4, 0.5) is 4.79 Å². The molecule has 27 heteroatoms. The lowest BCUT2D eigenvalue weighted by molar-refractivity contribution is -0.144. The SMILES string of the molecule is CCCCCCCCCCCCCCCCCC(=O)OC[C@@]1(COP(=O)(O)OCCNC(=O)CCOCCOCCOCCOCCOCCOCCOCCOCCOCCOCCOCCOCCNC(=O)OC(C)(C)C)N=C1OC(=O)CCCCCCCCCCCCCCCCC. The molecule has 0 spiro atoms. The highest BCUT2D eigenvalue weighted by molar-refractivity contribution is 7.47. The molecule has 0 saturated heterocycles. The van der Waals surface area contributed by atoms with E-state index in [2.05, 4.69) is 29.5 Å². The van der Waals surface area contributed by atoms with Crippen molar-refractivity contribution in [2.75, 3.05) is 191 Å². The Balaban J connectivity index is 2.07. The average Bonchev–Trinajstić information content (AvgIpc) is 1.60. The first kappa shape index (κ1) is 96.0. The van der Waals surface area contributed by atoms with E-state index in [4.69, 9.17) is 80.1 Å². The molecule has 3 N–H and O–H groups in total. The van der Waals surface area contributed by atoms with E-state index < -0.39 is 43.6 Å². The van der Waals surface area contributed by atoms with Crippen molar-refractivity contribution in [3.63, 3.8) is 0 Å². The third-order valence-electron chi connectivity index (χ3n) is 15.9. The predicted octanol–water partition coefficient (Wildman–Crippen LogP) is 13.1. The molecule has 101 heavy (non-hydrogen) atoms. The number of aliphatic imine (C=N–C) groups is 1. The lowest BCUT2D eigenvalue weighted by Crippen LogP contribution is -2.34. The quantitative estimate of drug-likeness (QED) is 0.0221. The van der Waals surface area contributed by atoms with Crippen LogP contribution < -0.4 is 10.6 Å². The van der Waals surface area contributed by atoms with Gasteiger partial charge in [0.15, 0.2) is 5.54 Å². The second kappa shape index (κ2) is 71.2. The number of phosphoric acid groups is 1. The average molecular weight is 1470 g/mol. The molecule has 0 aromatic rings. The van der Waals surface area contributed by atoms with Crippen LogP contribution in [0, 0.1) is 0 Å². The molecule has 0 bridgehead atoms. The minimum atomic E-state index is -4.66. The van der Waals surface area contributed by atoms with Crippen molar-refractivity contribution in [1.29, 1.82) is 0 Å². The van der Waals surface area contributed by atoms with Crippen LogP contribution in [0.5, 0.6) is 0 Å². The van der Waals surface area contributed by atoms with E-state index in [0.717, 1.165) is 38.5 Å². The predicted molar refractivity (Wildman–Crippen MR) is 390 cm³/mol. The number of ether oxygens (including phenoxy) is 15. The van der Waals surface area contributed by atoms with Crippen LogP contribution in [0.3, 0.4) is 0 Å². The Hall–Kier alpha value is -3.02. The number of phosphoric ester groups is 1. The zero-order valence-corrected chi connectivity index (χ0v) is 64.6. The van der Waals surface area contributed by atoms with E-state index in [9.17, 15) is 28.6 Å². The molecule has 26 nitrogen and oxygen atoms in total. The van der Waals surface area contributed by atoms with Gasteiger partial charge in [-0.2, -0.15) is 0 Å². The Morgan fingerprint density at radius 3 is 1.00 bits per heavy atom. The number of alkyl carbamates (subject to hydrolysis) is 1. The summed E-state index contributed by atoms with van der Waals surface area (Å²) in [6.07, 6.45) is 36.5. The monoisotopic (exact) mass is 1470 g/mol. The molecule has 596 valence electrons. The van der Waals surface area contributed by atoms with Crippen LogP contribution in [0.1, 0.15) is 247 Å². The lowest BCUT2D eigenvalue weighted by atomic mass is 10.0.